The van der Waals surface area contributed by atoms with Crippen LogP contribution in [0.5, 0.6) is 0 Å². The largest absolute Gasteiger partial charge is 0.379 e. The molecule has 0 fully saturated rings. The van der Waals surface area contributed by atoms with Crippen LogP contribution in [0.15, 0.2) is 33.4 Å². The highest BCUT2D eigenvalue weighted by molar-refractivity contribution is 9.10. The zero-order valence-electron chi connectivity index (χ0n) is 10.7. The van der Waals surface area contributed by atoms with Gasteiger partial charge in [-0.15, -0.1) is 0 Å². The minimum atomic E-state index is -0.374. The highest BCUT2D eigenvalue weighted by atomic mass is 79.9. The van der Waals surface area contributed by atoms with E-state index in [1.54, 1.807) is 0 Å². The molecule has 0 unspecified atom stereocenters. The lowest BCUT2D eigenvalue weighted by atomic mass is 10.2. The smallest absolute Gasteiger partial charge is 0.277 e. The van der Waals surface area contributed by atoms with Crippen LogP contribution in [0.3, 0.4) is 0 Å². The minimum absolute atomic E-state index is 0.00124. The van der Waals surface area contributed by atoms with Crippen molar-refractivity contribution in [3.8, 4) is 0 Å². The molecular weight excluding hydrogens is 326 g/mol. The zero-order valence-corrected chi connectivity index (χ0v) is 12.3. The summed E-state index contributed by atoms with van der Waals surface area (Å²) in [6, 6.07) is 8.12. The molecule has 2 aromatic rings. The molecule has 0 aliphatic rings. The summed E-state index contributed by atoms with van der Waals surface area (Å²) in [5.74, 6) is -0.373. The van der Waals surface area contributed by atoms with Gasteiger partial charge in [0.15, 0.2) is 0 Å². The van der Waals surface area contributed by atoms with Crippen LogP contribution in [0.2, 0.25) is 0 Å². The SMILES string of the molecule is Nc1nonc1C(=O)NCC[NH2+]Cc1ccc(Br)cc1. The van der Waals surface area contributed by atoms with Gasteiger partial charge in [-0.1, -0.05) is 28.1 Å². The fourth-order valence-electron chi connectivity index (χ4n) is 1.61. The van der Waals surface area contributed by atoms with Gasteiger partial charge in [0, 0.05) is 10.0 Å². The fourth-order valence-corrected chi connectivity index (χ4v) is 1.88. The van der Waals surface area contributed by atoms with Crippen LogP contribution < -0.4 is 16.4 Å². The number of nitrogen functional groups attached to an aromatic ring is 1. The number of nitrogens with two attached hydrogens (primary N) is 2. The van der Waals surface area contributed by atoms with Gasteiger partial charge in [-0.25, -0.2) is 4.63 Å². The summed E-state index contributed by atoms with van der Waals surface area (Å²) in [6.45, 7) is 2.13. The molecule has 0 aliphatic heterocycles. The minimum Gasteiger partial charge on any atom is -0.379 e. The van der Waals surface area contributed by atoms with Gasteiger partial charge in [-0.2, -0.15) is 0 Å². The Kier molecular flexibility index (Phi) is 5.08. The van der Waals surface area contributed by atoms with Crippen LogP contribution in [0.1, 0.15) is 16.1 Å². The van der Waals surface area contributed by atoms with Crippen LogP contribution in [0, 0.1) is 0 Å². The molecule has 5 N–H and O–H groups in total. The first-order valence-corrected chi connectivity index (χ1v) is 6.88. The van der Waals surface area contributed by atoms with Crippen molar-refractivity contribution < 1.29 is 14.7 Å². The lowest BCUT2D eigenvalue weighted by Gasteiger charge is -2.03. The first kappa shape index (κ1) is 14.5. The number of hydrogen-bond acceptors (Lipinski definition) is 5. The Labute approximate surface area is 124 Å². The summed E-state index contributed by atoms with van der Waals surface area (Å²) in [7, 11) is 0. The maximum atomic E-state index is 11.6. The number of anilines is 1. The Bertz CT molecular complexity index is 569. The van der Waals surface area contributed by atoms with Gasteiger partial charge >= 0.3 is 0 Å². The van der Waals surface area contributed by atoms with Crippen molar-refractivity contribution in [2.45, 2.75) is 6.54 Å². The van der Waals surface area contributed by atoms with Crippen LogP contribution >= 0.6 is 15.9 Å². The van der Waals surface area contributed by atoms with Gasteiger partial charge in [-0.3, -0.25) is 4.79 Å². The van der Waals surface area contributed by atoms with Crippen molar-refractivity contribution in [2.24, 2.45) is 0 Å². The van der Waals surface area contributed by atoms with E-state index in [1.165, 1.54) is 5.56 Å². The number of quaternary nitrogens is 1. The second-order valence-corrected chi connectivity index (χ2v) is 5.08. The first-order valence-electron chi connectivity index (χ1n) is 6.09. The summed E-state index contributed by atoms with van der Waals surface area (Å²) in [5, 5.41) is 11.6. The molecular formula is C12H15BrN5O2+. The number of amides is 1. The molecule has 2 rings (SSSR count). The molecule has 0 radical (unpaired) electrons. The van der Waals surface area contributed by atoms with Gasteiger partial charge in [0.1, 0.15) is 6.54 Å². The Morgan fingerprint density at radius 1 is 1.35 bits per heavy atom. The summed E-state index contributed by atoms with van der Waals surface area (Å²) < 4.78 is 5.43. The summed E-state index contributed by atoms with van der Waals surface area (Å²) in [5.41, 5.74) is 6.67. The molecule has 0 saturated heterocycles. The number of benzene rings is 1. The van der Waals surface area contributed by atoms with Crippen LogP contribution in [-0.2, 0) is 6.54 Å². The van der Waals surface area contributed by atoms with Crippen LogP contribution in [0.25, 0.3) is 0 Å². The van der Waals surface area contributed by atoms with Crippen molar-refractivity contribution in [3.05, 3.63) is 40.0 Å². The summed E-state index contributed by atoms with van der Waals surface area (Å²) in [6.07, 6.45) is 0. The molecule has 0 aliphatic carbocycles. The predicted molar refractivity (Wildman–Crippen MR) is 75.7 cm³/mol. The van der Waals surface area contributed by atoms with Gasteiger partial charge < -0.3 is 16.4 Å². The van der Waals surface area contributed by atoms with Gasteiger partial charge in [0.2, 0.25) is 11.5 Å². The third-order valence-corrected chi connectivity index (χ3v) is 3.18. The molecule has 1 amide bonds. The Morgan fingerprint density at radius 2 is 2.10 bits per heavy atom. The number of aromatic nitrogens is 2. The average Bonchev–Trinajstić information content (AvgIpc) is 2.86. The molecule has 7 nitrogen and oxygen atoms in total. The number of rotatable bonds is 6. The van der Waals surface area contributed by atoms with E-state index >= 15 is 0 Å². The van der Waals surface area contributed by atoms with E-state index in [9.17, 15) is 4.79 Å². The predicted octanol–water partition coefficient (Wildman–Crippen LogP) is -0.0923. The lowest BCUT2D eigenvalue weighted by Crippen LogP contribution is -2.84. The molecule has 0 bridgehead atoms. The number of nitrogens with one attached hydrogen (secondary N) is 1. The quantitative estimate of drug-likeness (QED) is 0.636. The number of halogens is 1. The van der Waals surface area contributed by atoms with Crippen molar-refractivity contribution in [1.82, 2.24) is 15.6 Å². The van der Waals surface area contributed by atoms with E-state index in [4.69, 9.17) is 5.73 Å². The van der Waals surface area contributed by atoms with Gasteiger partial charge in [0.25, 0.3) is 5.91 Å². The number of hydrogen-bond donors (Lipinski definition) is 3. The van der Waals surface area contributed by atoms with E-state index in [0.717, 1.165) is 17.6 Å². The number of nitrogens with zero attached hydrogens (tertiary/aromatic N) is 2. The van der Waals surface area contributed by atoms with Gasteiger partial charge in [-0.05, 0) is 22.4 Å². The van der Waals surface area contributed by atoms with Crippen molar-refractivity contribution in [3.63, 3.8) is 0 Å². The molecule has 1 aromatic carbocycles. The normalized spacial score (nSPS) is 10.4. The van der Waals surface area contributed by atoms with E-state index in [2.05, 4.69) is 53.6 Å². The first-order chi connectivity index (χ1) is 9.66. The third-order valence-electron chi connectivity index (χ3n) is 2.66. The van der Waals surface area contributed by atoms with E-state index in [1.807, 2.05) is 12.1 Å². The van der Waals surface area contributed by atoms with Gasteiger partial charge in [0.05, 0.1) is 13.1 Å². The molecule has 20 heavy (non-hydrogen) atoms. The van der Waals surface area contributed by atoms with E-state index in [-0.39, 0.29) is 17.4 Å². The average molecular weight is 341 g/mol. The third kappa shape index (κ3) is 4.04. The summed E-state index contributed by atoms with van der Waals surface area (Å²) in [4.78, 5) is 11.6. The topological polar surface area (TPSA) is 111 Å². The van der Waals surface area contributed by atoms with Crippen molar-refractivity contribution in [2.75, 3.05) is 18.8 Å². The van der Waals surface area contributed by atoms with Crippen molar-refractivity contribution >= 4 is 27.7 Å². The molecule has 106 valence electrons. The molecule has 1 heterocycles. The molecule has 0 spiro atoms. The second-order valence-electron chi connectivity index (χ2n) is 4.16. The highest BCUT2D eigenvalue weighted by Crippen LogP contribution is 2.09. The molecule has 8 heteroatoms. The number of carbonyl (C=O) groups is 1. The molecule has 0 atom stereocenters. The van der Waals surface area contributed by atoms with E-state index < -0.39 is 0 Å². The molecule has 0 saturated carbocycles. The Morgan fingerprint density at radius 3 is 2.75 bits per heavy atom. The fraction of sp³-hybridized carbons (Fsp3) is 0.250. The van der Waals surface area contributed by atoms with E-state index in [0.29, 0.717) is 6.54 Å². The Hall–Kier alpha value is -1.93. The zero-order chi connectivity index (χ0) is 14.4. The summed E-state index contributed by atoms with van der Waals surface area (Å²) >= 11 is 3.39. The van der Waals surface area contributed by atoms with Crippen LogP contribution in [0.4, 0.5) is 5.82 Å². The van der Waals surface area contributed by atoms with Crippen LogP contribution in [-0.4, -0.2) is 29.3 Å². The monoisotopic (exact) mass is 340 g/mol. The molecule has 1 aromatic heterocycles. The maximum Gasteiger partial charge on any atom is 0.277 e. The number of carbonyl (C=O) groups excluding carboxylic acids is 1. The highest BCUT2D eigenvalue weighted by Gasteiger charge is 2.15. The van der Waals surface area contributed by atoms with Crippen molar-refractivity contribution in [1.29, 1.82) is 0 Å². The second kappa shape index (κ2) is 7.01. The standard InChI is InChI=1S/C12H14BrN5O2/c13-9-3-1-8(2-4-9)7-15-5-6-16-12(19)10-11(14)18-20-17-10/h1-4,15H,5-7H2,(H2,14,18)(H,16,19)/p+1. The Balaban J connectivity index is 1.66. The lowest BCUT2D eigenvalue weighted by molar-refractivity contribution is -0.668. The maximum absolute atomic E-state index is 11.6.